The van der Waals surface area contributed by atoms with Gasteiger partial charge in [0.1, 0.15) is 0 Å². The van der Waals surface area contributed by atoms with Gasteiger partial charge in [-0.3, -0.25) is 10.1 Å². The molecule has 0 radical (unpaired) electrons. The van der Waals surface area contributed by atoms with E-state index < -0.39 is 4.92 Å². The summed E-state index contributed by atoms with van der Waals surface area (Å²) < 4.78 is 0.735. The lowest BCUT2D eigenvalue weighted by atomic mass is 10.1. The topological polar surface area (TPSA) is 75.4 Å². The molecule has 1 aromatic carbocycles. The summed E-state index contributed by atoms with van der Waals surface area (Å²) in [5.41, 5.74) is 1.07. The number of halogens is 1. The van der Waals surface area contributed by atoms with Crippen LogP contribution in [0.15, 0.2) is 22.7 Å². The van der Waals surface area contributed by atoms with Crippen LogP contribution < -0.4 is 5.32 Å². The highest BCUT2D eigenvalue weighted by molar-refractivity contribution is 9.10. The van der Waals surface area contributed by atoms with E-state index in [0.717, 1.165) is 23.0 Å². The van der Waals surface area contributed by atoms with E-state index in [9.17, 15) is 10.1 Å². The van der Waals surface area contributed by atoms with E-state index in [2.05, 4.69) is 28.2 Å². The number of nitro benzene ring substituents is 1. The summed E-state index contributed by atoms with van der Waals surface area (Å²) >= 11 is 3.33. The van der Waals surface area contributed by atoms with Crippen LogP contribution in [0.25, 0.3) is 0 Å². The number of hydrogen-bond donors (Lipinski definition) is 2. The average molecular weight is 317 g/mol. The van der Waals surface area contributed by atoms with Crippen LogP contribution in [0.5, 0.6) is 0 Å². The second-order valence-corrected chi connectivity index (χ2v) is 5.14. The van der Waals surface area contributed by atoms with Crippen LogP contribution in [0.3, 0.4) is 0 Å². The Labute approximate surface area is 114 Å². The van der Waals surface area contributed by atoms with E-state index in [4.69, 9.17) is 5.11 Å². The van der Waals surface area contributed by atoms with E-state index in [-0.39, 0.29) is 12.3 Å². The third kappa shape index (κ3) is 4.72. The number of nitro groups is 1. The van der Waals surface area contributed by atoms with Gasteiger partial charge in [0.25, 0.3) is 5.69 Å². The van der Waals surface area contributed by atoms with Crippen molar-refractivity contribution in [3.63, 3.8) is 0 Å². The van der Waals surface area contributed by atoms with Crippen molar-refractivity contribution in [2.45, 2.75) is 19.9 Å². The number of rotatable bonds is 7. The molecule has 0 saturated carbocycles. The van der Waals surface area contributed by atoms with Gasteiger partial charge < -0.3 is 10.4 Å². The molecule has 0 bridgehead atoms. The molecule has 0 amide bonds. The predicted molar refractivity (Wildman–Crippen MR) is 73.4 cm³/mol. The van der Waals surface area contributed by atoms with Crippen molar-refractivity contribution in [1.29, 1.82) is 0 Å². The lowest BCUT2D eigenvalue weighted by Gasteiger charge is -2.11. The first-order chi connectivity index (χ1) is 8.54. The van der Waals surface area contributed by atoms with Crippen LogP contribution >= 0.6 is 15.9 Å². The predicted octanol–water partition coefficient (Wildman–Crippen LogP) is 2.47. The molecular formula is C12H17BrN2O3. The first kappa shape index (κ1) is 15.1. The van der Waals surface area contributed by atoms with Gasteiger partial charge in [-0.2, -0.15) is 0 Å². The van der Waals surface area contributed by atoms with Gasteiger partial charge in [-0.05, 0) is 30.5 Å². The Kier molecular flexibility index (Phi) is 6.24. The van der Waals surface area contributed by atoms with Gasteiger partial charge in [0.2, 0.25) is 0 Å². The Hall–Kier alpha value is -0.980. The quantitative estimate of drug-likeness (QED) is 0.598. The lowest BCUT2D eigenvalue weighted by Crippen LogP contribution is -2.21. The SMILES string of the molecule is CC(CCO)CNCc1ccc([N+](=O)[O-])cc1Br. The molecule has 0 aliphatic rings. The molecule has 1 atom stereocenters. The fourth-order valence-electron chi connectivity index (χ4n) is 1.57. The minimum atomic E-state index is -0.411. The molecule has 0 aliphatic carbocycles. The van der Waals surface area contributed by atoms with Crippen LogP contribution in [0, 0.1) is 16.0 Å². The number of aliphatic hydroxyl groups excluding tert-OH is 1. The van der Waals surface area contributed by atoms with Crippen LogP contribution in [0.1, 0.15) is 18.9 Å². The maximum Gasteiger partial charge on any atom is 0.270 e. The Morgan fingerprint density at radius 2 is 2.28 bits per heavy atom. The molecule has 0 aliphatic heterocycles. The van der Waals surface area contributed by atoms with Crippen molar-refractivity contribution in [3.05, 3.63) is 38.3 Å². The van der Waals surface area contributed by atoms with Crippen molar-refractivity contribution >= 4 is 21.6 Å². The molecule has 1 rings (SSSR count). The number of non-ortho nitro benzene ring substituents is 1. The molecule has 18 heavy (non-hydrogen) atoms. The van der Waals surface area contributed by atoms with Crippen LogP contribution in [0.4, 0.5) is 5.69 Å². The number of nitrogens with zero attached hydrogens (tertiary/aromatic N) is 1. The van der Waals surface area contributed by atoms with Gasteiger partial charge in [0.15, 0.2) is 0 Å². The van der Waals surface area contributed by atoms with Crippen LogP contribution in [-0.2, 0) is 6.54 Å². The summed E-state index contributed by atoms with van der Waals surface area (Å²) in [4.78, 5) is 10.2. The summed E-state index contributed by atoms with van der Waals surface area (Å²) in [7, 11) is 0. The zero-order valence-electron chi connectivity index (χ0n) is 10.2. The normalized spacial score (nSPS) is 12.4. The fraction of sp³-hybridized carbons (Fsp3) is 0.500. The van der Waals surface area contributed by atoms with Gasteiger partial charge in [0, 0.05) is 29.8 Å². The standard InChI is InChI=1S/C12H17BrN2O3/c1-9(4-5-16)7-14-8-10-2-3-11(15(17)18)6-12(10)13/h2-3,6,9,14,16H,4-5,7-8H2,1H3. The number of hydrogen-bond acceptors (Lipinski definition) is 4. The smallest absolute Gasteiger partial charge is 0.270 e. The summed E-state index contributed by atoms with van der Waals surface area (Å²) in [5.74, 6) is 0.409. The second-order valence-electron chi connectivity index (χ2n) is 4.28. The molecule has 2 N–H and O–H groups in total. The molecule has 0 spiro atoms. The zero-order chi connectivity index (χ0) is 13.5. The van der Waals surface area contributed by atoms with E-state index in [1.807, 2.05) is 0 Å². The molecule has 0 heterocycles. The minimum absolute atomic E-state index is 0.0827. The molecule has 100 valence electrons. The molecule has 0 fully saturated rings. The Bertz CT molecular complexity index is 412. The summed E-state index contributed by atoms with van der Waals surface area (Å²) in [6, 6.07) is 4.75. The molecule has 1 unspecified atom stereocenters. The van der Waals surface area contributed by atoms with Gasteiger partial charge >= 0.3 is 0 Å². The Morgan fingerprint density at radius 1 is 1.56 bits per heavy atom. The lowest BCUT2D eigenvalue weighted by molar-refractivity contribution is -0.384. The molecule has 0 saturated heterocycles. The molecule has 0 aromatic heterocycles. The minimum Gasteiger partial charge on any atom is -0.396 e. The monoisotopic (exact) mass is 316 g/mol. The fourth-order valence-corrected chi connectivity index (χ4v) is 2.08. The number of benzene rings is 1. The molecule has 1 aromatic rings. The van der Waals surface area contributed by atoms with Crippen LogP contribution in [0.2, 0.25) is 0 Å². The maximum atomic E-state index is 10.6. The Balaban J connectivity index is 2.50. The van der Waals surface area contributed by atoms with E-state index in [0.29, 0.717) is 12.5 Å². The van der Waals surface area contributed by atoms with Crippen molar-refractivity contribution in [2.75, 3.05) is 13.2 Å². The van der Waals surface area contributed by atoms with Gasteiger partial charge in [-0.15, -0.1) is 0 Å². The molecular weight excluding hydrogens is 300 g/mol. The van der Waals surface area contributed by atoms with E-state index >= 15 is 0 Å². The summed E-state index contributed by atoms with van der Waals surface area (Å²) in [6.45, 7) is 3.72. The summed E-state index contributed by atoms with van der Waals surface area (Å²) in [5, 5.41) is 22.6. The zero-order valence-corrected chi connectivity index (χ0v) is 11.8. The Morgan fingerprint density at radius 3 is 2.83 bits per heavy atom. The number of nitrogens with one attached hydrogen (secondary N) is 1. The van der Waals surface area contributed by atoms with Gasteiger partial charge in [-0.25, -0.2) is 0 Å². The third-order valence-electron chi connectivity index (χ3n) is 2.68. The molecule has 5 nitrogen and oxygen atoms in total. The van der Waals surface area contributed by atoms with Crippen molar-refractivity contribution in [1.82, 2.24) is 5.32 Å². The maximum absolute atomic E-state index is 10.6. The van der Waals surface area contributed by atoms with Crippen LogP contribution in [-0.4, -0.2) is 23.2 Å². The van der Waals surface area contributed by atoms with Gasteiger partial charge in [0.05, 0.1) is 4.92 Å². The molecule has 6 heteroatoms. The van der Waals surface area contributed by atoms with Crippen molar-refractivity contribution in [2.24, 2.45) is 5.92 Å². The van der Waals surface area contributed by atoms with Crippen molar-refractivity contribution < 1.29 is 10.0 Å². The highest BCUT2D eigenvalue weighted by Crippen LogP contribution is 2.22. The highest BCUT2D eigenvalue weighted by Gasteiger charge is 2.09. The first-order valence-corrected chi connectivity index (χ1v) is 6.58. The van der Waals surface area contributed by atoms with E-state index in [1.54, 1.807) is 6.07 Å². The first-order valence-electron chi connectivity index (χ1n) is 5.79. The van der Waals surface area contributed by atoms with Crippen molar-refractivity contribution in [3.8, 4) is 0 Å². The number of aliphatic hydroxyl groups is 1. The van der Waals surface area contributed by atoms with E-state index in [1.165, 1.54) is 12.1 Å². The largest absolute Gasteiger partial charge is 0.396 e. The third-order valence-corrected chi connectivity index (χ3v) is 3.42. The average Bonchev–Trinajstić information content (AvgIpc) is 2.31. The second kappa shape index (κ2) is 7.45. The van der Waals surface area contributed by atoms with Gasteiger partial charge in [-0.1, -0.05) is 22.9 Å². The highest BCUT2D eigenvalue weighted by atomic mass is 79.9. The summed E-state index contributed by atoms with van der Waals surface area (Å²) in [6.07, 6.45) is 0.772.